The molecule has 0 atom stereocenters. The lowest BCUT2D eigenvalue weighted by atomic mass is 10.5. The summed E-state index contributed by atoms with van der Waals surface area (Å²) in [6.07, 6.45) is 5.22. The Bertz CT molecular complexity index is 376. The fourth-order valence-corrected chi connectivity index (χ4v) is 1.15. The average Bonchev–Trinajstić information content (AvgIpc) is 2.78. The van der Waals surface area contributed by atoms with Crippen LogP contribution in [0.4, 0.5) is 0 Å². The quantitative estimate of drug-likeness (QED) is 0.705. The smallest absolute Gasteiger partial charge is 0.146 e. The second-order valence-corrected chi connectivity index (χ2v) is 3.00. The normalized spacial score (nSPS) is 10.6. The number of nitrogens with zero attached hydrogens (tertiary/aromatic N) is 4. The Labute approximate surface area is 81.4 Å². The van der Waals surface area contributed by atoms with Gasteiger partial charge in [-0.25, -0.2) is 4.98 Å². The highest BCUT2D eigenvalue weighted by Crippen LogP contribution is 1.92. The Balaban J connectivity index is 1.81. The van der Waals surface area contributed by atoms with Gasteiger partial charge in [-0.1, -0.05) is 0 Å². The van der Waals surface area contributed by atoms with Crippen molar-refractivity contribution in [3.63, 3.8) is 0 Å². The van der Waals surface area contributed by atoms with Crippen LogP contribution >= 0.6 is 0 Å². The highest BCUT2D eigenvalue weighted by molar-refractivity contribution is 4.88. The molecule has 6 nitrogen and oxygen atoms in total. The molecule has 0 unspecified atom stereocenters. The summed E-state index contributed by atoms with van der Waals surface area (Å²) in [6, 6.07) is 0. The highest BCUT2D eigenvalue weighted by atomic mass is 15.3. The van der Waals surface area contributed by atoms with Crippen LogP contribution in [0.3, 0.4) is 0 Å². The van der Waals surface area contributed by atoms with Crippen molar-refractivity contribution in [1.82, 2.24) is 30.0 Å². The standard InChI is InChI=1S/C8H12N6/c1-14-6-12-13-8(14)5-9-4-7-10-2-3-11-7/h2-3,6,9H,4-5H2,1H3,(H,10,11). The molecular formula is C8H12N6. The van der Waals surface area contributed by atoms with Gasteiger partial charge in [0.2, 0.25) is 0 Å². The van der Waals surface area contributed by atoms with Gasteiger partial charge in [-0.15, -0.1) is 10.2 Å². The van der Waals surface area contributed by atoms with E-state index in [4.69, 9.17) is 0 Å². The summed E-state index contributed by atoms with van der Waals surface area (Å²) in [7, 11) is 1.92. The van der Waals surface area contributed by atoms with Crippen LogP contribution < -0.4 is 5.32 Å². The first-order valence-electron chi connectivity index (χ1n) is 4.38. The van der Waals surface area contributed by atoms with Crippen molar-refractivity contribution in [3.8, 4) is 0 Å². The lowest BCUT2D eigenvalue weighted by Crippen LogP contribution is -2.16. The van der Waals surface area contributed by atoms with Gasteiger partial charge in [-0.2, -0.15) is 0 Å². The molecule has 74 valence electrons. The number of aromatic nitrogens is 5. The molecule has 0 spiro atoms. The van der Waals surface area contributed by atoms with E-state index >= 15 is 0 Å². The first kappa shape index (κ1) is 8.89. The van der Waals surface area contributed by atoms with Crippen LogP contribution in [0.25, 0.3) is 0 Å². The topological polar surface area (TPSA) is 71.4 Å². The van der Waals surface area contributed by atoms with Gasteiger partial charge in [0.25, 0.3) is 0 Å². The number of nitrogens with one attached hydrogen (secondary N) is 2. The predicted octanol–water partition coefficient (Wildman–Crippen LogP) is -0.172. The minimum absolute atomic E-state index is 0.692. The molecule has 0 saturated heterocycles. The third kappa shape index (κ3) is 1.97. The molecule has 0 bridgehead atoms. The third-order valence-corrected chi connectivity index (χ3v) is 1.94. The Kier molecular flexibility index (Phi) is 2.55. The van der Waals surface area contributed by atoms with Crippen molar-refractivity contribution >= 4 is 0 Å². The second-order valence-electron chi connectivity index (χ2n) is 3.00. The lowest BCUT2D eigenvalue weighted by molar-refractivity contribution is 0.622. The molecular weight excluding hydrogens is 180 g/mol. The Morgan fingerprint density at radius 3 is 3.07 bits per heavy atom. The molecule has 14 heavy (non-hydrogen) atoms. The average molecular weight is 192 g/mol. The summed E-state index contributed by atoms with van der Waals surface area (Å²) in [5, 5.41) is 11.0. The van der Waals surface area contributed by atoms with E-state index in [1.54, 1.807) is 18.7 Å². The number of aromatic amines is 1. The van der Waals surface area contributed by atoms with E-state index in [9.17, 15) is 0 Å². The maximum Gasteiger partial charge on any atom is 0.146 e. The zero-order valence-electron chi connectivity index (χ0n) is 7.94. The number of imidazole rings is 1. The zero-order chi connectivity index (χ0) is 9.80. The molecule has 0 aliphatic heterocycles. The van der Waals surface area contributed by atoms with E-state index in [1.165, 1.54) is 0 Å². The Hall–Kier alpha value is -1.69. The SMILES string of the molecule is Cn1cnnc1CNCc1ncc[nH]1. The summed E-state index contributed by atoms with van der Waals surface area (Å²) in [4.78, 5) is 7.11. The second kappa shape index (κ2) is 4.01. The largest absolute Gasteiger partial charge is 0.348 e. The summed E-state index contributed by atoms with van der Waals surface area (Å²) < 4.78 is 1.88. The van der Waals surface area contributed by atoms with Crippen molar-refractivity contribution in [2.45, 2.75) is 13.1 Å². The van der Waals surface area contributed by atoms with Crippen molar-refractivity contribution in [2.24, 2.45) is 7.05 Å². The molecule has 2 N–H and O–H groups in total. The van der Waals surface area contributed by atoms with Gasteiger partial charge in [0.05, 0.1) is 13.1 Å². The minimum Gasteiger partial charge on any atom is -0.348 e. The van der Waals surface area contributed by atoms with Crippen molar-refractivity contribution in [2.75, 3.05) is 0 Å². The first-order chi connectivity index (χ1) is 6.86. The molecule has 6 heteroatoms. The van der Waals surface area contributed by atoms with Crippen LogP contribution in [0.1, 0.15) is 11.6 Å². The predicted molar refractivity (Wildman–Crippen MR) is 50.1 cm³/mol. The lowest BCUT2D eigenvalue weighted by Gasteiger charge is -2.01. The summed E-state index contributed by atoms with van der Waals surface area (Å²) in [6.45, 7) is 1.40. The van der Waals surface area contributed by atoms with Gasteiger partial charge in [-0.05, 0) is 0 Å². The van der Waals surface area contributed by atoms with Crippen LogP contribution in [0, 0.1) is 0 Å². The minimum atomic E-state index is 0.692. The third-order valence-electron chi connectivity index (χ3n) is 1.94. The van der Waals surface area contributed by atoms with Crippen molar-refractivity contribution in [1.29, 1.82) is 0 Å². The molecule has 0 aromatic carbocycles. The van der Waals surface area contributed by atoms with E-state index < -0.39 is 0 Å². The Morgan fingerprint density at radius 2 is 2.43 bits per heavy atom. The molecule has 2 rings (SSSR count). The maximum absolute atomic E-state index is 4.10. The van der Waals surface area contributed by atoms with E-state index in [1.807, 2.05) is 11.6 Å². The molecule has 0 radical (unpaired) electrons. The van der Waals surface area contributed by atoms with Crippen LogP contribution in [0.15, 0.2) is 18.7 Å². The summed E-state index contributed by atoms with van der Waals surface area (Å²) in [5.41, 5.74) is 0. The van der Waals surface area contributed by atoms with Gasteiger partial charge in [0.15, 0.2) is 0 Å². The Morgan fingerprint density at radius 1 is 1.50 bits per heavy atom. The monoisotopic (exact) mass is 192 g/mol. The molecule has 0 amide bonds. The van der Waals surface area contributed by atoms with Crippen LogP contribution in [-0.2, 0) is 20.1 Å². The van der Waals surface area contributed by atoms with Gasteiger partial charge in [0.1, 0.15) is 18.0 Å². The maximum atomic E-state index is 4.10. The fraction of sp³-hybridized carbons (Fsp3) is 0.375. The van der Waals surface area contributed by atoms with Crippen LogP contribution in [-0.4, -0.2) is 24.7 Å². The van der Waals surface area contributed by atoms with Crippen LogP contribution in [0.5, 0.6) is 0 Å². The van der Waals surface area contributed by atoms with Gasteiger partial charge >= 0.3 is 0 Å². The number of rotatable bonds is 4. The van der Waals surface area contributed by atoms with E-state index in [0.29, 0.717) is 13.1 Å². The van der Waals surface area contributed by atoms with Crippen molar-refractivity contribution in [3.05, 3.63) is 30.4 Å². The zero-order valence-corrected chi connectivity index (χ0v) is 7.94. The molecule has 2 aromatic heterocycles. The van der Waals surface area contributed by atoms with E-state index in [0.717, 1.165) is 11.6 Å². The number of H-pyrrole nitrogens is 1. The van der Waals surface area contributed by atoms with Gasteiger partial charge in [-0.3, -0.25) is 0 Å². The number of hydrogen-bond acceptors (Lipinski definition) is 4. The molecule has 0 fully saturated rings. The van der Waals surface area contributed by atoms with Crippen molar-refractivity contribution < 1.29 is 0 Å². The van der Waals surface area contributed by atoms with Gasteiger partial charge < -0.3 is 14.9 Å². The van der Waals surface area contributed by atoms with Crippen LogP contribution in [0.2, 0.25) is 0 Å². The summed E-state index contributed by atoms with van der Waals surface area (Å²) in [5.74, 6) is 1.84. The molecule has 0 saturated carbocycles. The number of hydrogen-bond donors (Lipinski definition) is 2. The molecule has 0 aliphatic rings. The number of aryl methyl sites for hydroxylation is 1. The van der Waals surface area contributed by atoms with E-state index in [2.05, 4.69) is 25.5 Å². The fourth-order valence-electron chi connectivity index (χ4n) is 1.15. The van der Waals surface area contributed by atoms with Gasteiger partial charge in [0, 0.05) is 19.4 Å². The van der Waals surface area contributed by atoms with E-state index in [-0.39, 0.29) is 0 Å². The first-order valence-corrected chi connectivity index (χ1v) is 4.38. The summed E-state index contributed by atoms with van der Waals surface area (Å²) >= 11 is 0. The molecule has 2 heterocycles. The highest BCUT2D eigenvalue weighted by Gasteiger charge is 1.99. The molecule has 0 aliphatic carbocycles. The molecule has 2 aromatic rings.